The quantitative estimate of drug-likeness (QED) is 0.814. The molecule has 2 fully saturated rings. The molecule has 6 nitrogen and oxygen atoms in total. The van der Waals surface area contributed by atoms with Crippen molar-refractivity contribution in [2.45, 2.75) is 56.4 Å². The molecule has 0 radical (unpaired) electrons. The van der Waals surface area contributed by atoms with Crippen LogP contribution < -0.4 is 14.8 Å². The molecule has 0 unspecified atom stereocenters. The summed E-state index contributed by atoms with van der Waals surface area (Å²) in [5, 5.41) is 12.3. The third kappa shape index (κ3) is 3.37. The second-order valence-electron chi connectivity index (χ2n) is 7.38. The molecule has 26 heavy (non-hydrogen) atoms. The smallest absolute Gasteiger partial charge is 0.306 e. The lowest BCUT2D eigenvalue weighted by molar-refractivity contribution is -0.141. The van der Waals surface area contributed by atoms with E-state index < -0.39 is 11.4 Å². The lowest BCUT2D eigenvalue weighted by Crippen LogP contribution is -2.46. The van der Waals surface area contributed by atoms with Crippen LogP contribution in [-0.4, -0.2) is 37.2 Å². The highest BCUT2D eigenvalue weighted by Gasteiger charge is 2.44. The van der Waals surface area contributed by atoms with Gasteiger partial charge in [-0.25, -0.2) is 0 Å². The topological polar surface area (TPSA) is 84.9 Å². The summed E-state index contributed by atoms with van der Waals surface area (Å²) in [6.07, 6.45) is 5.47. The third-order valence-electron chi connectivity index (χ3n) is 5.94. The summed E-state index contributed by atoms with van der Waals surface area (Å²) in [5.41, 5.74) is 0.374. The Morgan fingerprint density at radius 2 is 1.81 bits per heavy atom. The van der Waals surface area contributed by atoms with Crippen LogP contribution in [0.1, 0.15) is 50.5 Å². The van der Waals surface area contributed by atoms with Gasteiger partial charge in [0, 0.05) is 6.04 Å². The molecule has 0 aliphatic heterocycles. The Hall–Kier alpha value is -2.24. The summed E-state index contributed by atoms with van der Waals surface area (Å²) in [6, 6.07) is 5.64. The van der Waals surface area contributed by atoms with Crippen molar-refractivity contribution in [3.05, 3.63) is 23.8 Å². The molecule has 2 saturated carbocycles. The van der Waals surface area contributed by atoms with E-state index in [0.29, 0.717) is 24.3 Å². The Kier molecular flexibility index (Phi) is 5.39. The van der Waals surface area contributed by atoms with E-state index in [1.807, 2.05) is 18.2 Å². The molecule has 2 atom stereocenters. The molecule has 2 aliphatic rings. The van der Waals surface area contributed by atoms with Gasteiger partial charge in [-0.05, 0) is 49.8 Å². The number of benzene rings is 1. The molecule has 0 aromatic heterocycles. The standard InChI is InChI=1S/C20H27NO5/c1-25-16-8-6-14(12-17(16)26-2)20(9-3-4-10-20)19(24)21-15-7-5-13(11-15)18(22)23/h6,8,12-13,15H,3-5,7,9-11H2,1-2H3,(H,21,24)(H,22,23)/t13-,15+/m1/s1. The van der Waals surface area contributed by atoms with Crippen LogP contribution in [0.25, 0.3) is 0 Å². The summed E-state index contributed by atoms with van der Waals surface area (Å²) in [7, 11) is 3.18. The Morgan fingerprint density at radius 3 is 2.38 bits per heavy atom. The highest BCUT2D eigenvalue weighted by atomic mass is 16.5. The summed E-state index contributed by atoms with van der Waals surface area (Å²) in [5.74, 6) is 0.164. The van der Waals surface area contributed by atoms with Gasteiger partial charge in [0.2, 0.25) is 5.91 Å². The van der Waals surface area contributed by atoms with Crippen molar-refractivity contribution >= 4 is 11.9 Å². The van der Waals surface area contributed by atoms with E-state index >= 15 is 0 Å². The highest BCUT2D eigenvalue weighted by Crippen LogP contribution is 2.44. The zero-order valence-electron chi connectivity index (χ0n) is 15.4. The van der Waals surface area contributed by atoms with Crippen LogP contribution in [0, 0.1) is 5.92 Å². The zero-order valence-corrected chi connectivity index (χ0v) is 15.4. The number of hydrogen-bond donors (Lipinski definition) is 2. The number of aliphatic carboxylic acids is 1. The summed E-state index contributed by atoms with van der Waals surface area (Å²) >= 11 is 0. The SMILES string of the molecule is COc1ccc(C2(C(=O)N[C@H]3CC[C@@H](C(=O)O)C3)CCCC2)cc1OC. The van der Waals surface area contributed by atoms with Crippen LogP contribution in [0.5, 0.6) is 11.5 Å². The van der Waals surface area contributed by atoms with Gasteiger partial charge in [0.25, 0.3) is 0 Å². The normalized spacial score (nSPS) is 24.2. The molecular formula is C20H27NO5. The second-order valence-corrected chi connectivity index (χ2v) is 7.38. The first-order valence-corrected chi connectivity index (χ1v) is 9.26. The van der Waals surface area contributed by atoms with E-state index in [9.17, 15) is 14.7 Å². The van der Waals surface area contributed by atoms with Crippen LogP contribution in [-0.2, 0) is 15.0 Å². The Morgan fingerprint density at radius 1 is 1.12 bits per heavy atom. The zero-order chi connectivity index (χ0) is 18.7. The average Bonchev–Trinajstić information content (AvgIpc) is 3.31. The van der Waals surface area contributed by atoms with Gasteiger partial charge in [0.15, 0.2) is 11.5 Å². The number of hydrogen-bond acceptors (Lipinski definition) is 4. The number of carboxylic acids is 1. The van der Waals surface area contributed by atoms with Crippen molar-refractivity contribution in [3.8, 4) is 11.5 Å². The first-order chi connectivity index (χ1) is 12.5. The molecule has 142 valence electrons. The monoisotopic (exact) mass is 361 g/mol. The minimum Gasteiger partial charge on any atom is -0.493 e. The number of rotatable bonds is 6. The molecule has 0 spiro atoms. The molecule has 6 heteroatoms. The highest BCUT2D eigenvalue weighted by molar-refractivity contribution is 5.89. The summed E-state index contributed by atoms with van der Waals surface area (Å²) in [6.45, 7) is 0. The fourth-order valence-electron chi connectivity index (χ4n) is 4.42. The van der Waals surface area contributed by atoms with Gasteiger partial charge >= 0.3 is 5.97 Å². The van der Waals surface area contributed by atoms with Crippen molar-refractivity contribution < 1.29 is 24.2 Å². The van der Waals surface area contributed by atoms with Crippen molar-refractivity contribution in [1.82, 2.24) is 5.32 Å². The van der Waals surface area contributed by atoms with Gasteiger partial charge in [-0.3, -0.25) is 9.59 Å². The van der Waals surface area contributed by atoms with Gasteiger partial charge in [-0.15, -0.1) is 0 Å². The van der Waals surface area contributed by atoms with Crippen molar-refractivity contribution in [1.29, 1.82) is 0 Å². The number of carboxylic acid groups (broad SMARTS) is 1. The predicted octanol–water partition coefficient (Wildman–Crippen LogP) is 2.89. The molecule has 1 aromatic carbocycles. The Labute approximate surface area is 153 Å². The van der Waals surface area contributed by atoms with E-state index in [1.54, 1.807) is 14.2 Å². The number of carbonyl (C=O) groups excluding carboxylic acids is 1. The molecule has 1 amide bonds. The third-order valence-corrected chi connectivity index (χ3v) is 5.94. The lowest BCUT2D eigenvalue weighted by Gasteiger charge is -2.30. The minimum atomic E-state index is -0.766. The summed E-state index contributed by atoms with van der Waals surface area (Å²) < 4.78 is 10.7. The van der Waals surface area contributed by atoms with Crippen LogP contribution in [0.2, 0.25) is 0 Å². The number of carbonyl (C=O) groups is 2. The Bertz CT molecular complexity index is 681. The molecule has 2 aliphatic carbocycles. The largest absolute Gasteiger partial charge is 0.493 e. The van der Waals surface area contributed by atoms with Crippen molar-refractivity contribution in [2.24, 2.45) is 5.92 Å². The first kappa shape index (κ1) is 18.5. The van der Waals surface area contributed by atoms with Gasteiger partial charge in [0.05, 0.1) is 25.6 Å². The average molecular weight is 361 g/mol. The van der Waals surface area contributed by atoms with Crippen LogP contribution in [0.3, 0.4) is 0 Å². The summed E-state index contributed by atoms with van der Waals surface area (Å²) in [4.78, 5) is 24.4. The minimum absolute atomic E-state index is 0.0123. The van der Waals surface area contributed by atoms with E-state index in [2.05, 4.69) is 5.32 Å². The predicted molar refractivity (Wildman–Crippen MR) is 96.6 cm³/mol. The fraction of sp³-hybridized carbons (Fsp3) is 0.600. The van der Waals surface area contributed by atoms with E-state index in [0.717, 1.165) is 37.7 Å². The molecule has 0 bridgehead atoms. The maximum absolute atomic E-state index is 13.2. The maximum atomic E-state index is 13.2. The molecule has 0 saturated heterocycles. The van der Waals surface area contributed by atoms with E-state index in [-0.39, 0.29) is 17.9 Å². The fourth-order valence-corrected chi connectivity index (χ4v) is 4.42. The lowest BCUT2D eigenvalue weighted by atomic mass is 9.77. The number of methoxy groups -OCH3 is 2. The van der Waals surface area contributed by atoms with Crippen LogP contribution >= 0.6 is 0 Å². The van der Waals surface area contributed by atoms with Gasteiger partial charge in [-0.2, -0.15) is 0 Å². The maximum Gasteiger partial charge on any atom is 0.306 e. The Balaban J connectivity index is 1.82. The van der Waals surface area contributed by atoms with E-state index in [4.69, 9.17) is 9.47 Å². The van der Waals surface area contributed by atoms with Crippen LogP contribution in [0.15, 0.2) is 18.2 Å². The number of ether oxygens (including phenoxy) is 2. The molecular weight excluding hydrogens is 334 g/mol. The van der Waals surface area contributed by atoms with Gasteiger partial charge in [-0.1, -0.05) is 18.9 Å². The van der Waals surface area contributed by atoms with Gasteiger partial charge < -0.3 is 19.9 Å². The number of amides is 1. The first-order valence-electron chi connectivity index (χ1n) is 9.26. The second kappa shape index (κ2) is 7.56. The number of nitrogens with one attached hydrogen (secondary N) is 1. The van der Waals surface area contributed by atoms with Crippen molar-refractivity contribution in [2.75, 3.05) is 14.2 Å². The van der Waals surface area contributed by atoms with Crippen molar-refractivity contribution in [3.63, 3.8) is 0 Å². The molecule has 3 rings (SSSR count). The van der Waals surface area contributed by atoms with Gasteiger partial charge in [0.1, 0.15) is 0 Å². The van der Waals surface area contributed by atoms with Crippen LogP contribution in [0.4, 0.5) is 0 Å². The molecule has 0 heterocycles. The molecule has 2 N–H and O–H groups in total. The molecule has 1 aromatic rings. The van der Waals surface area contributed by atoms with E-state index in [1.165, 1.54) is 0 Å².